The molecule has 3 N–H and O–H groups in total. The van der Waals surface area contributed by atoms with E-state index in [2.05, 4.69) is 4.18 Å². The van der Waals surface area contributed by atoms with Crippen molar-refractivity contribution in [3.05, 3.63) is 59.7 Å². The van der Waals surface area contributed by atoms with Crippen LogP contribution in [0.3, 0.4) is 0 Å². The fourth-order valence-corrected chi connectivity index (χ4v) is 4.55. The first-order chi connectivity index (χ1) is 15.3. The van der Waals surface area contributed by atoms with E-state index >= 15 is 0 Å². The van der Waals surface area contributed by atoms with Gasteiger partial charge in [-0.1, -0.05) is 0 Å². The van der Waals surface area contributed by atoms with Crippen LogP contribution >= 0.6 is 0 Å². The number of nitrogens with zero attached hydrogens (tertiary/aromatic N) is 2. The van der Waals surface area contributed by atoms with E-state index in [0.29, 0.717) is 22.2 Å². The number of anilines is 1. The Hall–Kier alpha value is -3.30. The summed E-state index contributed by atoms with van der Waals surface area (Å²) < 4.78 is 56.7. The summed E-state index contributed by atoms with van der Waals surface area (Å²) in [6.45, 7) is -0.0624. The Bertz CT molecular complexity index is 1300. The first kappa shape index (κ1) is 22.9. The first-order valence-electron chi connectivity index (χ1n) is 9.20. The lowest BCUT2D eigenvalue weighted by atomic mass is 9.95. The number of carbonyl (C=O) groups excluding carboxylic acids is 3. The van der Waals surface area contributed by atoms with Crippen LogP contribution in [0, 0.1) is 11.6 Å². The standard InChI is InChI=1S/C19H15F2N3O8S/c1-18-16(26)19(28,22-29)9-23(18)24(15(25)10-2-7-13(20)14(21)8-10)11-3-5-12(6-4-11)33(30,31)32-17(18)27/h2-8,22,28-29H,9H2,1H3. The van der Waals surface area contributed by atoms with Gasteiger partial charge in [-0.3, -0.25) is 9.59 Å². The highest BCUT2D eigenvalue weighted by atomic mass is 32.2. The Labute approximate surface area is 184 Å². The smallest absolute Gasteiger partial charge is 0.352 e. The molecule has 0 aliphatic carbocycles. The van der Waals surface area contributed by atoms with Crippen LogP contribution in [-0.2, 0) is 23.9 Å². The molecule has 1 fully saturated rings. The highest BCUT2D eigenvalue weighted by molar-refractivity contribution is 7.87. The molecular formula is C19H15F2N3O8S. The number of hydrogen-bond acceptors (Lipinski definition) is 10. The van der Waals surface area contributed by atoms with Crippen LogP contribution in [-0.4, -0.2) is 59.2 Å². The molecule has 174 valence electrons. The number of hydroxylamine groups is 1. The van der Waals surface area contributed by atoms with Gasteiger partial charge in [0.2, 0.25) is 11.5 Å². The average molecular weight is 483 g/mol. The molecule has 3 aliphatic rings. The third-order valence-electron chi connectivity index (χ3n) is 5.45. The molecule has 2 atom stereocenters. The van der Waals surface area contributed by atoms with Crippen molar-refractivity contribution in [3.63, 3.8) is 0 Å². The molecule has 1 saturated heterocycles. The van der Waals surface area contributed by atoms with Gasteiger partial charge in [0.05, 0.1) is 12.2 Å². The number of fused-ring (bicyclic) bond motifs is 4. The summed E-state index contributed by atoms with van der Waals surface area (Å²) in [6.07, 6.45) is 0. The van der Waals surface area contributed by atoms with Crippen molar-refractivity contribution in [2.45, 2.75) is 23.1 Å². The van der Waals surface area contributed by atoms with Crippen LogP contribution < -0.4 is 10.5 Å². The monoisotopic (exact) mass is 483 g/mol. The van der Waals surface area contributed by atoms with Gasteiger partial charge in [-0.05, 0) is 49.4 Å². The minimum atomic E-state index is -4.69. The van der Waals surface area contributed by atoms with Crippen LogP contribution in [0.2, 0.25) is 0 Å². The first-order valence-corrected chi connectivity index (χ1v) is 10.6. The van der Waals surface area contributed by atoms with E-state index < -0.39 is 67.7 Å². The number of hydrazine groups is 1. The Morgan fingerprint density at radius 1 is 1.12 bits per heavy atom. The van der Waals surface area contributed by atoms with Gasteiger partial charge in [-0.2, -0.15) is 18.9 Å². The second-order valence-corrected chi connectivity index (χ2v) is 9.04. The van der Waals surface area contributed by atoms with Gasteiger partial charge in [0.1, 0.15) is 4.90 Å². The average Bonchev–Trinajstić information content (AvgIpc) is 2.98. The van der Waals surface area contributed by atoms with E-state index in [9.17, 15) is 41.9 Å². The van der Waals surface area contributed by atoms with Crippen LogP contribution in [0.1, 0.15) is 17.3 Å². The fraction of sp³-hybridized carbons (Fsp3) is 0.211. The van der Waals surface area contributed by atoms with Gasteiger partial charge in [0.25, 0.3) is 5.91 Å². The van der Waals surface area contributed by atoms with Gasteiger partial charge in [0, 0.05) is 5.56 Å². The molecule has 2 aromatic carbocycles. The Kier molecular flexibility index (Phi) is 5.10. The van der Waals surface area contributed by atoms with Crippen molar-refractivity contribution in [1.29, 1.82) is 0 Å². The Morgan fingerprint density at radius 2 is 1.76 bits per heavy atom. The molecule has 0 aromatic heterocycles. The largest absolute Gasteiger partial charge is 0.366 e. The van der Waals surface area contributed by atoms with Crippen molar-refractivity contribution in [2.75, 3.05) is 11.6 Å². The molecule has 0 saturated carbocycles. The van der Waals surface area contributed by atoms with Crippen LogP contribution in [0.15, 0.2) is 47.4 Å². The lowest BCUT2D eigenvalue weighted by molar-refractivity contribution is -0.157. The van der Waals surface area contributed by atoms with Crippen molar-refractivity contribution in [3.8, 4) is 0 Å². The number of nitrogens with one attached hydrogen (secondary N) is 1. The lowest BCUT2D eigenvalue weighted by Crippen LogP contribution is -2.62. The maximum atomic E-state index is 13.8. The highest BCUT2D eigenvalue weighted by Gasteiger charge is 2.67. The van der Waals surface area contributed by atoms with E-state index in [-0.39, 0.29) is 5.69 Å². The summed E-state index contributed by atoms with van der Waals surface area (Å²) in [7, 11) is -4.69. The predicted octanol–water partition coefficient (Wildman–Crippen LogP) is 0.0829. The predicted molar refractivity (Wildman–Crippen MR) is 103 cm³/mol. The number of benzene rings is 2. The summed E-state index contributed by atoms with van der Waals surface area (Å²) in [5, 5.41) is 21.3. The number of amides is 1. The van der Waals surface area contributed by atoms with Gasteiger partial charge in [-0.15, -0.1) is 0 Å². The second-order valence-electron chi connectivity index (χ2n) is 7.50. The Morgan fingerprint density at radius 3 is 2.33 bits per heavy atom. The maximum Gasteiger partial charge on any atom is 0.352 e. The van der Waals surface area contributed by atoms with Crippen molar-refractivity contribution in [2.24, 2.45) is 0 Å². The summed E-state index contributed by atoms with van der Waals surface area (Å²) >= 11 is 0. The van der Waals surface area contributed by atoms with Crippen LogP contribution in [0.5, 0.6) is 0 Å². The lowest BCUT2D eigenvalue weighted by Gasteiger charge is -2.39. The fourth-order valence-electron chi connectivity index (χ4n) is 3.62. The summed E-state index contributed by atoms with van der Waals surface area (Å²) in [6, 6.07) is 6.52. The number of hydrogen-bond donors (Lipinski definition) is 3. The number of aliphatic hydroxyl groups is 1. The Balaban J connectivity index is 1.99. The zero-order valence-corrected chi connectivity index (χ0v) is 17.5. The number of ketones is 1. The molecule has 0 radical (unpaired) electrons. The minimum absolute atomic E-state index is 0.0976. The van der Waals surface area contributed by atoms with Gasteiger partial charge in [-0.25, -0.2) is 18.6 Å². The molecule has 1 amide bonds. The molecule has 3 aliphatic heterocycles. The number of rotatable bonds is 2. The SMILES string of the molecule is CC12C(=O)OS(=O)(=O)c3ccc(cc3)N(C(=O)c3ccc(F)c(F)c3)N1CC(O)(NO)C2=O. The topological polar surface area (TPSA) is 154 Å². The van der Waals surface area contributed by atoms with E-state index in [1.165, 1.54) is 5.48 Å². The number of β-amino-alcohol motifs (C(OH)–C–C–N with tert-alkyl or cyclic N) is 1. The summed E-state index contributed by atoms with van der Waals surface area (Å²) in [5.74, 6) is -6.76. The van der Waals surface area contributed by atoms with Gasteiger partial charge in [0.15, 0.2) is 17.2 Å². The molecule has 2 aromatic rings. The zero-order chi connectivity index (χ0) is 24.3. The maximum absolute atomic E-state index is 13.8. The van der Waals surface area contributed by atoms with Gasteiger partial charge < -0.3 is 14.5 Å². The third-order valence-corrected chi connectivity index (χ3v) is 6.67. The number of Topliss-reactive ketones (excluding diaryl/α,β-unsaturated/α-hetero) is 1. The van der Waals surface area contributed by atoms with Crippen LogP contribution in [0.4, 0.5) is 14.5 Å². The van der Waals surface area contributed by atoms with Crippen molar-refractivity contribution >= 4 is 33.5 Å². The second kappa shape index (κ2) is 7.36. The number of carbonyl (C=O) groups is 3. The van der Waals surface area contributed by atoms with Crippen LogP contribution in [0.25, 0.3) is 0 Å². The molecule has 11 nitrogen and oxygen atoms in total. The van der Waals surface area contributed by atoms with Gasteiger partial charge >= 0.3 is 16.1 Å². The molecule has 2 unspecified atom stereocenters. The molecule has 14 heteroatoms. The molecule has 5 rings (SSSR count). The highest BCUT2D eigenvalue weighted by Crippen LogP contribution is 2.38. The normalized spacial score (nSPS) is 26.8. The summed E-state index contributed by atoms with van der Waals surface area (Å²) in [4.78, 5) is 38.9. The van der Waals surface area contributed by atoms with Crippen molar-refractivity contribution < 1.29 is 46.1 Å². The molecular weight excluding hydrogens is 468 g/mol. The molecule has 2 bridgehead atoms. The van der Waals surface area contributed by atoms with E-state index in [1.54, 1.807) is 0 Å². The van der Waals surface area contributed by atoms with E-state index in [4.69, 9.17) is 0 Å². The third kappa shape index (κ3) is 3.30. The van der Waals surface area contributed by atoms with E-state index in [1.807, 2.05) is 0 Å². The van der Waals surface area contributed by atoms with E-state index in [0.717, 1.165) is 37.3 Å². The molecule has 33 heavy (non-hydrogen) atoms. The summed E-state index contributed by atoms with van der Waals surface area (Å²) in [5.41, 5.74) is -4.63. The van der Waals surface area contributed by atoms with Crippen molar-refractivity contribution in [1.82, 2.24) is 10.5 Å². The minimum Gasteiger partial charge on any atom is -0.366 e. The molecule has 0 spiro atoms. The number of halogens is 2. The molecule has 3 heterocycles. The quantitative estimate of drug-likeness (QED) is 0.232. The zero-order valence-electron chi connectivity index (χ0n) is 16.7.